The van der Waals surface area contributed by atoms with E-state index in [2.05, 4.69) is 10.3 Å². The predicted molar refractivity (Wildman–Crippen MR) is 51.9 cm³/mol. The van der Waals surface area contributed by atoms with Crippen molar-refractivity contribution in [2.24, 2.45) is 5.73 Å². The van der Waals surface area contributed by atoms with Crippen LogP contribution in [0, 0.1) is 13.8 Å². The maximum absolute atomic E-state index is 10.6. The van der Waals surface area contributed by atoms with Gasteiger partial charge in [-0.05, 0) is 19.9 Å². The maximum Gasteiger partial charge on any atom is 0.316 e. The zero-order valence-corrected chi connectivity index (χ0v) is 8.14. The molecule has 0 fully saturated rings. The summed E-state index contributed by atoms with van der Waals surface area (Å²) in [6, 6.07) is 1.02. The minimum Gasteiger partial charge on any atom is -0.351 e. The van der Waals surface area contributed by atoms with Crippen LogP contribution >= 0.6 is 11.6 Å². The molecule has 0 aliphatic rings. The molecule has 0 bridgehead atoms. The van der Waals surface area contributed by atoms with Crippen molar-refractivity contribution in [1.82, 2.24) is 4.98 Å². The Labute approximate surface area is 81.1 Å². The van der Waals surface area contributed by atoms with Crippen LogP contribution in [0.1, 0.15) is 11.4 Å². The van der Waals surface area contributed by atoms with E-state index in [1.807, 2.05) is 6.92 Å². The quantitative estimate of drug-likeness (QED) is 0.725. The fourth-order valence-corrected chi connectivity index (χ4v) is 1.40. The van der Waals surface area contributed by atoms with Crippen molar-refractivity contribution in [3.8, 4) is 0 Å². The van der Waals surface area contributed by atoms with Crippen LogP contribution in [0.5, 0.6) is 0 Å². The number of nitrogens with two attached hydrogens (primary N) is 1. The van der Waals surface area contributed by atoms with Gasteiger partial charge in [-0.2, -0.15) is 0 Å². The highest BCUT2D eigenvalue weighted by Gasteiger charge is 2.07. The maximum atomic E-state index is 10.6. The number of aryl methyl sites for hydroxylation is 2. The summed E-state index contributed by atoms with van der Waals surface area (Å²) in [6.45, 7) is 3.58. The molecule has 70 valence electrons. The molecule has 13 heavy (non-hydrogen) atoms. The Kier molecular flexibility index (Phi) is 2.72. The fourth-order valence-electron chi connectivity index (χ4n) is 1.05. The highest BCUT2D eigenvalue weighted by molar-refractivity contribution is 6.33. The van der Waals surface area contributed by atoms with Crippen LogP contribution in [0.3, 0.4) is 0 Å². The van der Waals surface area contributed by atoms with Crippen molar-refractivity contribution in [2.75, 3.05) is 5.32 Å². The van der Waals surface area contributed by atoms with Gasteiger partial charge in [-0.15, -0.1) is 0 Å². The summed E-state index contributed by atoms with van der Waals surface area (Å²) in [5.74, 6) is 0. The Hall–Kier alpha value is -1.29. The number of halogens is 1. The van der Waals surface area contributed by atoms with Crippen molar-refractivity contribution >= 4 is 23.3 Å². The van der Waals surface area contributed by atoms with Gasteiger partial charge < -0.3 is 11.1 Å². The van der Waals surface area contributed by atoms with Gasteiger partial charge in [0.2, 0.25) is 0 Å². The first-order valence-electron chi connectivity index (χ1n) is 3.71. The molecule has 0 atom stereocenters. The highest BCUT2D eigenvalue weighted by Crippen LogP contribution is 2.24. The van der Waals surface area contributed by atoms with E-state index >= 15 is 0 Å². The standard InChI is InChI=1S/C8H10ClN3O/c1-4-3-6(9)7(5(2)11-4)12-8(10)13/h3H,1-2H3,(H3,10,12,13). The molecule has 1 rings (SSSR count). The van der Waals surface area contributed by atoms with Crippen molar-refractivity contribution in [3.05, 3.63) is 22.5 Å². The van der Waals surface area contributed by atoms with Gasteiger partial charge in [-0.3, -0.25) is 4.98 Å². The predicted octanol–water partition coefficient (Wildman–Crippen LogP) is 1.84. The lowest BCUT2D eigenvalue weighted by atomic mass is 10.3. The second-order valence-corrected chi connectivity index (χ2v) is 3.10. The summed E-state index contributed by atoms with van der Waals surface area (Å²) in [5.41, 5.74) is 6.90. The summed E-state index contributed by atoms with van der Waals surface area (Å²) in [7, 11) is 0. The zero-order valence-electron chi connectivity index (χ0n) is 7.39. The van der Waals surface area contributed by atoms with Crippen LogP contribution in [0.2, 0.25) is 5.02 Å². The average molecular weight is 200 g/mol. The lowest BCUT2D eigenvalue weighted by Crippen LogP contribution is -2.20. The van der Waals surface area contributed by atoms with Crippen LogP contribution in [-0.4, -0.2) is 11.0 Å². The number of urea groups is 1. The van der Waals surface area contributed by atoms with Crippen LogP contribution < -0.4 is 11.1 Å². The minimum atomic E-state index is -0.643. The largest absolute Gasteiger partial charge is 0.351 e. The molecule has 0 saturated carbocycles. The van der Waals surface area contributed by atoms with Gasteiger partial charge in [0.05, 0.1) is 16.4 Å². The van der Waals surface area contributed by atoms with Crippen LogP contribution in [0.25, 0.3) is 0 Å². The summed E-state index contributed by atoms with van der Waals surface area (Å²) in [5, 5.41) is 2.86. The van der Waals surface area contributed by atoms with Crippen LogP contribution in [0.4, 0.5) is 10.5 Å². The average Bonchev–Trinajstić information content (AvgIpc) is 1.96. The number of nitrogens with one attached hydrogen (secondary N) is 1. The van der Waals surface area contributed by atoms with Crippen molar-refractivity contribution in [2.45, 2.75) is 13.8 Å². The topological polar surface area (TPSA) is 68.0 Å². The molecule has 4 nitrogen and oxygen atoms in total. The molecule has 5 heteroatoms. The number of hydrogen-bond donors (Lipinski definition) is 2. The van der Waals surface area contributed by atoms with E-state index in [-0.39, 0.29) is 0 Å². The minimum absolute atomic E-state index is 0.448. The van der Waals surface area contributed by atoms with Gasteiger partial charge in [-0.1, -0.05) is 11.6 Å². The lowest BCUT2D eigenvalue weighted by molar-refractivity contribution is 0.259. The molecule has 0 aliphatic carbocycles. The third-order valence-electron chi connectivity index (χ3n) is 1.53. The molecule has 1 aromatic rings. The van der Waals surface area contributed by atoms with Crippen LogP contribution in [-0.2, 0) is 0 Å². The second kappa shape index (κ2) is 3.62. The van der Waals surface area contributed by atoms with E-state index in [1.54, 1.807) is 13.0 Å². The number of rotatable bonds is 1. The number of carbonyl (C=O) groups excluding carboxylic acids is 1. The Bertz CT molecular complexity index is 328. The number of anilines is 1. The SMILES string of the molecule is Cc1cc(Cl)c(NC(N)=O)c(C)n1. The highest BCUT2D eigenvalue weighted by atomic mass is 35.5. The smallest absolute Gasteiger partial charge is 0.316 e. The molecule has 0 spiro atoms. The Balaban J connectivity index is 3.13. The number of hydrogen-bond acceptors (Lipinski definition) is 2. The van der Waals surface area contributed by atoms with E-state index in [0.29, 0.717) is 16.4 Å². The first-order chi connectivity index (χ1) is 6.00. The molecule has 3 N–H and O–H groups in total. The van der Waals surface area contributed by atoms with Crippen molar-refractivity contribution in [1.29, 1.82) is 0 Å². The monoisotopic (exact) mass is 199 g/mol. The van der Waals surface area contributed by atoms with Crippen molar-refractivity contribution < 1.29 is 4.79 Å². The van der Waals surface area contributed by atoms with E-state index in [9.17, 15) is 4.79 Å². The molecule has 0 unspecified atom stereocenters. The molecular weight excluding hydrogens is 190 g/mol. The Morgan fingerprint density at radius 1 is 1.62 bits per heavy atom. The Morgan fingerprint density at radius 2 is 2.23 bits per heavy atom. The molecule has 2 amide bonds. The van der Waals surface area contributed by atoms with Gasteiger partial charge in [0.15, 0.2) is 0 Å². The van der Waals surface area contributed by atoms with Gasteiger partial charge in [0, 0.05) is 5.69 Å². The summed E-state index contributed by atoms with van der Waals surface area (Å²) < 4.78 is 0. The number of nitrogens with zero attached hydrogens (tertiary/aromatic N) is 1. The molecule has 0 radical (unpaired) electrons. The molecular formula is C8H10ClN3O. The Morgan fingerprint density at radius 3 is 2.69 bits per heavy atom. The summed E-state index contributed by atoms with van der Waals surface area (Å²) >= 11 is 5.87. The number of carbonyl (C=O) groups is 1. The van der Waals surface area contributed by atoms with Gasteiger partial charge in [0.25, 0.3) is 0 Å². The van der Waals surface area contributed by atoms with Gasteiger partial charge in [-0.25, -0.2) is 4.79 Å². The number of amides is 2. The number of pyridine rings is 1. The number of aromatic nitrogens is 1. The van der Waals surface area contributed by atoms with Crippen LogP contribution in [0.15, 0.2) is 6.07 Å². The third kappa shape index (κ3) is 2.32. The molecule has 1 aromatic heterocycles. The van der Waals surface area contributed by atoms with Gasteiger partial charge >= 0.3 is 6.03 Å². The normalized spacial score (nSPS) is 9.77. The molecule has 0 aliphatic heterocycles. The zero-order chi connectivity index (χ0) is 10.0. The summed E-state index contributed by atoms with van der Waals surface area (Å²) in [4.78, 5) is 14.7. The number of primary amides is 1. The molecule has 0 aromatic carbocycles. The first kappa shape index (κ1) is 9.80. The fraction of sp³-hybridized carbons (Fsp3) is 0.250. The van der Waals surface area contributed by atoms with E-state index < -0.39 is 6.03 Å². The lowest BCUT2D eigenvalue weighted by Gasteiger charge is -2.08. The molecule has 0 saturated heterocycles. The van der Waals surface area contributed by atoms with Gasteiger partial charge in [0.1, 0.15) is 0 Å². The second-order valence-electron chi connectivity index (χ2n) is 2.70. The van der Waals surface area contributed by atoms with Crippen molar-refractivity contribution in [3.63, 3.8) is 0 Å². The summed E-state index contributed by atoms with van der Waals surface area (Å²) in [6.07, 6.45) is 0. The first-order valence-corrected chi connectivity index (χ1v) is 4.08. The van der Waals surface area contributed by atoms with E-state index in [0.717, 1.165) is 5.69 Å². The third-order valence-corrected chi connectivity index (χ3v) is 1.83. The molecule has 1 heterocycles. The van der Waals surface area contributed by atoms with E-state index in [4.69, 9.17) is 17.3 Å². The van der Waals surface area contributed by atoms with E-state index in [1.165, 1.54) is 0 Å².